The maximum Gasteiger partial charge on any atom is 0.263 e. The first-order chi connectivity index (χ1) is 9.69. The molecular weight excluding hydrogens is 272 g/mol. The van der Waals surface area contributed by atoms with Gasteiger partial charge in [0, 0.05) is 19.6 Å². The predicted octanol–water partition coefficient (Wildman–Crippen LogP) is 2.33. The van der Waals surface area contributed by atoms with E-state index >= 15 is 0 Å². The van der Waals surface area contributed by atoms with Crippen LogP contribution in [0.1, 0.15) is 47.8 Å². The summed E-state index contributed by atoms with van der Waals surface area (Å²) < 4.78 is 0. The molecule has 1 aromatic rings. The Labute approximate surface area is 123 Å². The summed E-state index contributed by atoms with van der Waals surface area (Å²) in [5, 5.41) is 13.0. The summed E-state index contributed by atoms with van der Waals surface area (Å²) in [6.07, 6.45) is 4.35. The zero-order valence-electron chi connectivity index (χ0n) is 11.7. The Morgan fingerprint density at radius 2 is 2.15 bits per heavy atom. The average molecular weight is 292 g/mol. The first-order valence-corrected chi connectivity index (χ1v) is 7.86. The molecule has 0 radical (unpaired) electrons. The number of anilines is 2. The van der Waals surface area contributed by atoms with Crippen molar-refractivity contribution in [1.82, 2.24) is 5.32 Å². The minimum atomic E-state index is -0.172. The van der Waals surface area contributed by atoms with Crippen molar-refractivity contribution >= 4 is 27.9 Å². The van der Waals surface area contributed by atoms with Gasteiger partial charge in [0.2, 0.25) is 0 Å². The summed E-state index contributed by atoms with van der Waals surface area (Å²) >= 11 is 1.34. The quantitative estimate of drug-likeness (QED) is 0.892. The molecule has 3 N–H and O–H groups in total. The maximum atomic E-state index is 12.1. The van der Waals surface area contributed by atoms with Crippen LogP contribution in [0.2, 0.25) is 0 Å². The molecule has 0 atom stereocenters. The number of nitrogens with one attached hydrogen (secondary N) is 1. The van der Waals surface area contributed by atoms with Crippen molar-refractivity contribution < 1.29 is 4.79 Å². The first kappa shape index (κ1) is 14.7. The van der Waals surface area contributed by atoms with Crippen LogP contribution in [-0.2, 0) is 0 Å². The summed E-state index contributed by atoms with van der Waals surface area (Å²) in [5.74, 6) is -0.172. The SMILES string of the molecule is CCCNC(=O)c1sc(N2CCCCC2)c(C#N)c1N. The van der Waals surface area contributed by atoms with E-state index in [4.69, 9.17) is 5.73 Å². The molecule has 1 aromatic heterocycles. The van der Waals surface area contributed by atoms with Crippen molar-refractivity contribution in [2.45, 2.75) is 32.6 Å². The number of hydrogen-bond acceptors (Lipinski definition) is 5. The fourth-order valence-electron chi connectivity index (χ4n) is 2.35. The van der Waals surface area contributed by atoms with E-state index in [9.17, 15) is 10.1 Å². The minimum Gasteiger partial charge on any atom is -0.396 e. The van der Waals surface area contributed by atoms with Crippen molar-refractivity contribution in [2.75, 3.05) is 30.3 Å². The highest BCUT2D eigenvalue weighted by Gasteiger charge is 2.25. The normalized spacial score (nSPS) is 14.9. The summed E-state index contributed by atoms with van der Waals surface area (Å²) in [6.45, 7) is 4.49. The van der Waals surface area contributed by atoms with Gasteiger partial charge in [0.25, 0.3) is 5.91 Å². The molecule has 1 aliphatic heterocycles. The lowest BCUT2D eigenvalue weighted by Gasteiger charge is -2.27. The molecule has 20 heavy (non-hydrogen) atoms. The molecule has 0 saturated carbocycles. The number of piperidine rings is 1. The number of carbonyl (C=O) groups is 1. The topological polar surface area (TPSA) is 82.2 Å². The van der Waals surface area contributed by atoms with Crippen LogP contribution in [0.3, 0.4) is 0 Å². The van der Waals surface area contributed by atoms with Gasteiger partial charge >= 0.3 is 0 Å². The Bertz CT molecular complexity index is 526. The Morgan fingerprint density at radius 3 is 2.75 bits per heavy atom. The van der Waals surface area contributed by atoms with Crippen LogP contribution in [0.25, 0.3) is 0 Å². The Morgan fingerprint density at radius 1 is 1.45 bits per heavy atom. The highest BCUT2D eigenvalue weighted by molar-refractivity contribution is 7.19. The van der Waals surface area contributed by atoms with Gasteiger partial charge in [0.15, 0.2) is 0 Å². The van der Waals surface area contributed by atoms with Gasteiger partial charge in [0.05, 0.1) is 5.69 Å². The molecule has 0 bridgehead atoms. The highest BCUT2D eigenvalue weighted by atomic mass is 32.1. The van der Waals surface area contributed by atoms with Gasteiger partial charge in [-0.3, -0.25) is 4.79 Å². The van der Waals surface area contributed by atoms with Crippen molar-refractivity contribution in [1.29, 1.82) is 5.26 Å². The van der Waals surface area contributed by atoms with Gasteiger partial charge in [-0.15, -0.1) is 11.3 Å². The third-order valence-electron chi connectivity index (χ3n) is 3.42. The largest absolute Gasteiger partial charge is 0.396 e. The average Bonchev–Trinajstić information content (AvgIpc) is 2.82. The van der Waals surface area contributed by atoms with Crippen molar-refractivity contribution in [2.24, 2.45) is 0 Å². The lowest BCUT2D eigenvalue weighted by atomic mass is 10.1. The van der Waals surface area contributed by atoms with Crippen LogP contribution in [0.4, 0.5) is 10.7 Å². The van der Waals surface area contributed by atoms with Gasteiger partial charge in [0.1, 0.15) is 21.5 Å². The number of hydrogen-bond donors (Lipinski definition) is 2. The molecule has 1 amide bonds. The molecule has 0 unspecified atom stereocenters. The molecule has 1 saturated heterocycles. The lowest BCUT2D eigenvalue weighted by Crippen LogP contribution is -2.29. The number of amides is 1. The molecule has 1 fully saturated rings. The van der Waals surface area contributed by atoms with Gasteiger partial charge in [-0.1, -0.05) is 6.92 Å². The molecule has 2 heterocycles. The molecular formula is C14H20N4OS. The van der Waals surface area contributed by atoms with Crippen molar-refractivity contribution in [3.63, 3.8) is 0 Å². The van der Waals surface area contributed by atoms with Crippen LogP contribution in [-0.4, -0.2) is 25.5 Å². The molecule has 5 nitrogen and oxygen atoms in total. The Balaban J connectivity index is 2.29. The second kappa shape index (κ2) is 6.62. The molecule has 6 heteroatoms. The molecule has 108 valence electrons. The summed E-state index contributed by atoms with van der Waals surface area (Å²) in [5.41, 5.74) is 6.78. The van der Waals surface area contributed by atoms with E-state index in [1.807, 2.05) is 6.92 Å². The van der Waals surface area contributed by atoms with Gasteiger partial charge in [-0.2, -0.15) is 5.26 Å². The zero-order valence-corrected chi connectivity index (χ0v) is 12.6. The molecule has 2 rings (SSSR count). The molecule has 0 aromatic carbocycles. The standard InChI is InChI=1S/C14H20N4OS/c1-2-6-17-13(19)12-11(16)10(9-15)14(20-12)18-7-4-3-5-8-18/h2-8,16H2,1H3,(H,17,19). The number of carbonyl (C=O) groups excluding carboxylic acids is 1. The minimum absolute atomic E-state index is 0.172. The monoisotopic (exact) mass is 292 g/mol. The predicted molar refractivity (Wildman–Crippen MR) is 82.1 cm³/mol. The number of nitrogens with zero attached hydrogens (tertiary/aromatic N) is 2. The van der Waals surface area contributed by atoms with Gasteiger partial charge in [-0.05, 0) is 25.7 Å². The molecule has 0 spiro atoms. The van der Waals surface area contributed by atoms with E-state index in [1.54, 1.807) is 0 Å². The van der Waals surface area contributed by atoms with Gasteiger partial charge in [-0.25, -0.2) is 0 Å². The third kappa shape index (κ3) is 2.88. The van der Waals surface area contributed by atoms with Crippen LogP contribution in [0.15, 0.2) is 0 Å². The second-order valence-electron chi connectivity index (χ2n) is 4.94. The van der Waals surface area contributed by atoms with Crippen LogP contribution in [0, 0.1) is 11.3 Å². The van der Waals surface area contributed by atoms with Gasteiger partial charge < -0.3 is 16.0 Å². The fraction of sp³-hybridized carbons (Fsp3) is 0.571. The lowest BCUT2D eigenvalue weighted by molar-refractivity contribution is 0.0958. The summed E-state index contributed by atoms with van der Waals surface area (Å²) in [4.78, 5) is 14.7. The smallest absolute Gasteiger partial charge is 0.263 e. The fourth-order valence-corrected chi connectivity index (χ4v) is 3.49. The highest BCUT2D eigenvalue weighted by Crippen LogP contribution is 2.38. The van der Waals surface area contributed by atoms with E-state index < -0.39 is 0 Å². The van der Waals surface area contributed by atoms with E-state index in [-0.39, 0.29) is 5.91 Å². The summed E-state index contributed by atoms with van der Waals surface area (Å²) in [7, 11) is 0. The number of rotatable bonds is 4. The Kier molecular flexibility index (Phi) is 4.85. The number of thiophene rings is 1. The zero-order chi connectivity index (χ0) is 14.5. The summed E-state index contributed by atoms with van der Waals surface area (Å²) in [6, 6.07) is 2.16. The van der Waals surface area contributed by atoms with Crippen molar-refractivity contribution in [3.8, 4) is 6.07 Å². The van der Waals surface area contributed by atoms with E-state index in [2.05, 4.69) is 16.3 Å². The third-order valence-corrected chi connectivity index (χ3v) is 4.69. The van der Waals surface area contributed by atoms with Crippen LogP contribution >= 0.6 is 11.3 Å². The number of nitriles is 1. The molecule has 1 aliphatic rings. The Hall–Kier alpha value is -1.74. The van der Waals surface area contributed by atoms with E-state index in [1.165, 1.54) is 17.8 Å². The number of nitrogens with two attached hydrogens (primary N) is 1. The van der Waals surface area contributed by atoms with Crippen LogP contribution in [0.5, 0.6) is 0 Å². The number of nitrogen functional groups attached to an aromatic ring is 1. The van der Waals surface area contributed by atoms with Crippen molar-refractivity contribution in [3.05, 3.63) is 10.4 Å². The second-order valence-corrected chi connectivity index (χ2v) is 5.94. The van der Waals surface area contributed by atoms with E-state index in [0.717, 1.165) is 37.4 Å². The molecule has 0 aliphatic carbocycles. The van der Waals surface area contributed by atoms with Crippen LogP contribution < -0.4 is 16.0 Å². The maximum absolute atomic E-state index is 12.1. The van der Waals surface area contributed by atoms with E-state index in [0.29, 0.717) is 22.7 Å². The first-order valence-electron chi connectivity index (χ1n) is 7.04.